The number of hydrogen-bond donors (Lipinski definition) is 0. The Morgan fingerprint density at radius 1 is 1.35 bits per heavy atom. The molecule has 3 rings (SSSR count). The maximum absolute atomic E-state index is 12.6. The van der Waals surface area contributed by atoms with E-state index >= 15 is 0 Å². The van der Waals surface area contributed by atoms with Gasteiger partial charge in [-0.1, -0.05) is 25.0 Å². The average molecular weight is 269 g/mol. The fourth-order valence-corrected chi connectivity index (χ4v) is 3.73. The summed E-state index contributed by atoms with van der Waals surface area (Å²) in [6.07, 6.45) is 4.80. The lowest BCUT2D eigenvalue weighted by Crippen LogP contribution is -2.14. The molecule has 2 fully saturated rings. The van der Waals surface area contributed by atoms with Crippen LogP contribution in [0.1, 0.15) is 37.2 Å². The van der Waals surface area contributed by atoms with Gasteiger partial charge in [-0.15, -0.1) is 0 Å². The van der Waals surface area contributed by atoms with E-state index in [1.165, 1.54) is 12.8 Å². The molecule has 3 atom stereocenters. The molecule has 2 aliphatic carbocycles. The average Bonchev–Trinajstić information content (AvgIpc) is 3.22. The smallest absolute Gasteiger partial charge is 0.158 e. The third-order valence-corrected chi connectivity index (χ3v) is 4.83. The summed E-state index contributed by atoms with van der Waals surface area (Å²) in [6.45, 7) is 0. The van der Waals surface area contributed by atoms with Crippen molar-refractivity contribution in [3.63, 3.8) is 0 Å². The van der Waals surface area contributed by atoms with Gasteiger partial charge in [0.2, 0.25) is 0 Å². The molecule has 1 aromatic carbocycles. The number of rotatable bonds is 4. The van der Waals surface area contributed by atoms with Crippen molar-refractivity contribution in [1.29, 1.82) is 5.26 Å². The van der Waals surface area contributed by atoms with Crippen molar-refractivity contribution < 1.29 is 9.53 Å². The minimum absolute atomic E-state index is 0.123. The Hall–Kier alpha value is -1.82. The second kappa shape index (κ2) is 5.28. The van der Waals surface area contributed by atoms with E-state index < -0.39 is 5.92 Å². The standard InChI is InChI=1S/C17H19NO2/c1-20-12-6-4-5-11(9-12)15(10-18)17(19)16-13-7-2-3-8-14(13)16/h4-6,9,13-16H,2-3,7-8H2,1H3. The van der Waals surface area contributed by atoms with Crippen LogP contribution in [0.3, 0.4) is 0 Å². The van der Waals surface area contributed by atoms with Crippen molar-refractivity contribution >= 4 is 5.78 Å². The number of ketones is 1. The molecule has 0 bridgehead atoms. The first-order valence-electron chi connectivity index (χ1n) is 7.33. The van der Waals surface area contributed by atoms with E-state index in [1.807, 2.05) is 18.2 Å². The molecule has 1 aromatic rings. The highest BCUT2D eigenvalue weighted by atomic mass is 16.5. The molecule has 0 amide bonds. The van der Waals surface area contributed by atoms with Crippen LogP contribution in [0.25, 0.3) is 0 Å². The highest BCUT2D eigenvalue weighted by Gasteiger charge is 2.55. The van der Waals surface area contributed by atoms with E-state index in [9.17, 15) is 10.1 Å². The summed E-state index contributed by atoms with van der Waals surface area (Å²) >= 11 is 0. The lowest BCUT2D eigenvalue weighted by molar-refractivity contribution is -0.121. The zero-order chi connectivity index (χ0) is 14.1. The van der Waals surface area contributed by atoms with E-state index in [0.717, 1.165) is 18.4 Å². The van der Waals surface area contributed by atoms with Crippen LogP contribution in [0.4, 0.5) is 0 Å². The fourth-order valence-electron chi connectivity index (χ4n) is 3.73. The Labute approximate surface area is 119 Å². The zero-order valence-corrected chi connectivity index (χ0v) is 11.7. The summed E-state index contributed by atoms with van der Waals surface area (Å²) in [5.41, 5.74) is 0.764. The molecule has 3 heteroatoms. The van der Waals surface area contributed by atoms with Crippen LogP contribution in [0, 0.1) is 29.1 Å². The quantitative estimate of drug-likeness (QED) is 0.842. The molecule has 0 heterocycles. The number of carbonyl (C=O) groups is 1. The molecule has 0 N–H and O–H groups in total. The third kappa shape index (κ3) is 2.20. The van der Waals surface area contributed by atoms with Gasteiger partial charge in [0, 0.05) is 5.92 Å². The molecule has 20 heavy (non-hydrogen) atoms. The summed E-state index contributed by atoms with van der Waals surface area (Å²) in [5.74, 6) is 1.42. The Kier molecular flexibility index (Phi) is 3.48. The molecule has 2 aliphatic rings. The minimum Gasteiger partial charge on any atom is -0.497 e. The van der Waals surface area contributed by atoms with Crippen molar-refractivity contribution in [2.45, 2.75) is 31.6 Å². The van der Waals surface area contributed by atoms with Gasteiger partial charge in [-0.2, -0.15) is 5.26 Å². The van der Waals surface area contributed by atoms with E-state index in [0.29, 0.717) is 17.6 Å². The normalized spacial score (nSPS) is 28.9. The summed E-state index contributed by atoms with van der Waals surface area (Å²) in [6, 6.07) is 9.52. The predicted molar refractivity (Wildman–Crippen MR) is 75.3 cm³/mol. The second-order valence-corrected chi connectivity index (χ2v) is 5.88. The van der Waals surface area contributed by atoms with E-state index in [2.05, 4.69) is 6.07 Å². The van der Waals surface area contributed by atoms with Gasteiger partial charge in [-0.05, 0) is 42.4 Å². The van der Waals surface area contributed by atoms with E-state index in [4.69, 9.17) is 4.74 Å². The van der Waals surface area contributed by atoms with Crippen LogP contribution in [0.2, 0.25) is 0 Å². The topological polar surface area (TPSA) is 50.1 Å². The highest BCUT2D eigenvalue weighted by Crippen LogP contribution is 2.57. The zero-order valence-electron chi connectivity index (χ0n) is 11.7. The summed E-state index contributed by atoms with van der Waals surface area (Å²) in [7, 11) is 1.60. The molecule has 0 saturated heterocycles. The van der Waals surface area contributed by atoms with Gasteiger partial charge in [0.25, 0.3) is 0 Å². The number of benzene rings is 1. The Balaban J connectivity index is 1.80. The van der Waals surface area contributed by atoms with Gasteiger partial charge in [0.1, 0.15) is 11.7 Å². The number of fused-ring (bicyclic) bond motifs is 1. The van der Waals surface area contributed by atoms with Gasteiger partial charge in [0.15, 0.2) is 5.78 Å². The molecule has 0 radical (unpaired) electrons. The second-order valence-electron chi connectivity index (χ2n) is 5.88. The summed E-state index contributed by atoms with van der Waals surface area (Å²) in [4.78, 5) is 12.6. The molecule has 0 aliphatic heterocycles. The van der Waals surface area contributed by atoms with Gasteiger partial charge < -0.3 is 4.74 Å². The van der Waals surface area contributed by atoms with Crippen molar-refractivity contribution in [3.05, 3.63) is 29.8 Å². The van der Waals surface area contributed by atoms with Crippen LogP contribution >= 0.6 is 0 Å². The van der Waals surface area contributed by atoms with Crippen molar-refractivity contribution in [3.8, 4) is 11.8 Å². The molecule has 0 aromatic heterocycles. The minimum atomic E-state index is -0.638. The number of carbonyl (C=O) groups excluding carboxylic acids is 1. The molecular weight excluding hydrogens is 250 g/mol. The predicted octanol–water partition coefficient (Wildman–Crippen LogP) is 3.31. The first kappa shape index (κ1) is 13.2. The number of ether oxygens (including phenoxy) is 1. The highest BCUT2D eigenvalue weighted by molar-refractivity contribution is 5.93. The van der Waals surface area contributed by atoms with E-state index in [-0.39, 0.29) is 11.7 Å². The van der Waals surface area contributed by atoms with Gasteiger partial charge in [-0.25, -0.2) is 0 Å². The summed E-state index contributed by atoms with van der Waals surface area (Å²) in [5, 5.41) is 9.41. The number of methoxy groups -OCH3 is 1. The lowest BCUT2D eigenvalue weighted by atomic mass is 9.92. The van der Waals surface area contributed by atoms with Crippen molar-refractivity contribution in [1.82, 2.24) is 0 Å². The maximum Gasteiger partial charge on any atom is 0.158 e. The van der Waals surface area contributed by atoms with Crippen LogP contribution in [0.5, 0.6) is 5.75 Å². The number of hydrogen-bond acceptors (Lipinski definition) is 3. The number of nitrogens with zero attached hydrogens (tertiary/aromatic N) is 1. The molecule has 3 unspecified atom stereocenters. The molecule has 3 nitrogen and oxygen atoms in total. The third-order valence-electron chi connectivity index (χ3n) is 4.83. The van der Waals surface area contributed by atoms with Crippen LogP contribution in [-0.2, 0) is 4.79 Å². The molecule has 0 spiro atoms. The van der Waals surface area contributed by atoms with Crippen molar-refractivity contribution in [2.75, 3.05) is 7.11 Å². The number of nitriles is 1. The molecule has 2 saturated carbocycles. The maximum atomic E-state index is 12.6. The Morgan fingerprint density at radius 2 is 2.05 bits per heavy atom. The molecule has 104 valence electrons. The summed E-state index contributed by atoms with van der Waals surface area (Å²) < 4.78 is 5.18. The van der Waals surface area contributed by atoms with Crippen LogP contribution in [0.15, 0.2) is 24.3 Å². The van der Waals surface area contributed by atoms with Crippen LogP contribution in [-0.4, -0.2) is 12.9 Å². The van der Waals surface area contributed by atoms with Crippen molar-refractivity contribution in [2.24, 2.45) is 17.8 Å². The fraction of sp³-hybridized carbons (Fsp3) is 0.529. The SMILES string of the molecule is COc1cccc(C(C#N)C(=O)C2C3CCCCC32)c1. The Morgan fingerprint density at radius 3 is 2.65 bits per heavy atom. The van der Waals surface area contributed by atoms with Gasteiger partial charge in [-0.3, -0.25) is 4.79 Å². The number of Topliss-reactive ketones (excluding diaryl/α,β-unsaturated/α-hetero) is 1. The van der Waals surface area contributed by atoms with Gasteiger partial charge in [0.05, 0.1) is 13.2 Å². The monoisotopic (exact) mass is 269 g/mol. The molecular formula is C17H19NO2. The lowest BCUT2D eigenvalue weighted by Gasteiger charge is -2.10. The van der Waals surface area contributed by atoms with E-state index in [1.54, 1.807) is 13.2 Å². The van der Waals surface area contributed by atoms with Gasteiger partial charge >= 0.3 is 0 Å². The largest absolute Gasteiger partial charge is 0.497 e. The Bertz CT molecular complexity index is 548. The first-order valence-corrected chi connectivity index (χ1v) is 7.33. The van der Waals surface area contributed by atoms with Crippen LogP contribution < -0.4 is 4.74 Å². The first-order chi connectivity index (χ1) is 9.76.